The smallest absolute Gasteiger partial charge is 0.191 e. The highest BCUT2D eigenvalue weighted by Gasteiger charge is 2.19. The molecule has 7 heteroatoms. The van der Waals surface area contributed by atoms with E-state index in [1.807, 2.05) is 25.1 Å². The SMILES string of the molecule is CCNC(=NCc1ccc(OC)cc1OC)NCc1ccc(C)cc1OC1CCOC1. The Kier molecular flexibility index (Phi) is 8.41. The first-order valence-electron chi connectivity index (χ1n) is 10.7. The minimum atomic E-state index is 0.116. The third-order valence-corrected chi connectivity index (χ3v) is 5.10. The monoisotopic (exact) mass is 427 g/mol. The van der Waals surface area contributed by atoms with Gasteiger partial charge < -0.3 is 29.6 Å². The molecular weight excluding hydrogens is 394 g/mol. The molecule has 0 spiro atoms. The maximum Gasteiger partial charge on any atom is 0.191 e. The molecule has 1 atom stereocenters. The van der Waals surface area contributed by atoms with Gasteiger partial charge >= 0.3 is 0 Å². The lowest BCUT2D eigenvalue weighted by atomic mass is 10.1. The first-order chi connectivity index (χ1) is 15.1. The Balaban J connectivity index is 1.69. The third-order valence-electron chi connectivity index (χ3n) is 5.10. The van der Waals surface area contributed by atoms with Crippen molar-refractivity contribution >= 4 is 5.96 Å². The van der Waals surface area contributed by atoms with E-state index in [2.05, 4.69) is 35.8 Å². The summed E-state index contributed by atoms with van der Waals surface area (Å²) in [5, 5.41) is 6.71. The Labute approximate surface area is 184 Å². The van der Waals surface area contributed by atoms with Crippen molar-refractivity contribution in [3.63, 3.8) is 0 Å². The maximum atomic E-state index is 6.21. The van der Waals surface area contributed by atoms with Crippen molar-refractivity contribution < 1.29 is 18.9 Å². The van der Waals surface area contributed by atoms with Crippen LogP contribution in [0.25, 0.3) is 0 Å². The molecule has 3 rings (SSSR count). The molecule has 1 unspecified atom stereocenters. The van der Waals surface area contributed by atoms with Crippen LogP contribution in [0.15, 0.2) is 41.4 Å². The summed E-state index contributed by atoms with van der Waals surface area (Å²) in [5.74, 6) is 3.15. The van der Waals surface area contributed by atoms with E-state index < -0.39 is 0 Å². The predicted octanol–water partition coefficient (Wildman–Crippen LogP) is 3.44. The Morgan fingerprint density at radius 3 is 2.61 bits per heavy atom. The van der Waals surface area contributed by atoms with Gasteiger partial charge in [0.05, 0.1) is 34.0 Å². The molecule has 1 aliphatic rings. The second-order valence-corrected chi connectivity index (χ2v) is 7.44. The van der Waals surface area contributed by atoms with Crippen LogP contribution in [0.2, 0.25) is 0 Å². The van der Waals surface area contributed by atoms with Crippen LogP contribution in [-0.2, 0) is 17.8 Å². The normalized spacial score (nSPS) is 16.1. The van der Waals surface area contributed by atoms with Crippen LogP contribution >= 0.6 is 0 Å². The molecule has 2 N–H and O–H groups in total. The molecular formula is C24H33N3O4. The van der Waals surface area contributed by atoms with Crippen LogP contribution in [0, 0.1) is 6.92 Å². The van der Waals surface area contributed by atoms with Crippen LogP contribution in [0.4, 0.5) is 0 Å². The van der Waals surface area contributed by atoms with Crippen molar-refractivity contribution in [2.24, 2.45) is 4.99 Å². The zero-order valence-corrected chi connectivity index (χ0v) is 18.9. The van der Waals surface area contributed by atoms with Gasteiger partial charge in [0.25, 0.3) is 0 Å². The summed E-state index contributed by atoms with van der Waals surface area (Å²) in [6.07, 6.45) is 1.04. The summed E-state index contributed by atoms with van der Waals surface area (Å²) in [6, 6.07) is 12.0. The summed E-state index contributed by atoms with van der Waals surface area (Å²) in [4.78, 5) is 4.73. The molecule has 1 fully saturated rings. The van der Waals surface area contributed by atoms with E-state index in [0.717, 1.165) is 53.9 Å². The first-order valence-corrected chi connectivity index (χ1v) is 10.7. The lowest BCUT2D eigenvalue weighted by Gasteiger charge is -2.18. The summed E-state index contributed by atoms with van der Waals surface area (Å²) in [6.45, 7) is 7.38. The highest BCUT2D eigenvalue weighted by atomic mass is 16.5. The molecule has 0 saturated carbocycles. The molecule has 1 aliphatic heterocycles. The topological polar surface area (TPSA) is 73.3 Å². The maximum absolute atomic E-state index is 6.21. The van der Waals surface area contributed by atoms with Crippen molar-refractivity contribution in [3.05, 3.63) is 53.1 Å². The molecule has 2 aromatic rings. The van der Waals surface area contributed by atoms with Gasteiger partial charge in [0.15, 0.2) is 5.96 Å². The van der Waals surface area contributed by atoms with E-state index in [1.54, 1.807) is 14.2 Å². The molecule has 0 amide bonds. The van der Waals surface area contributed by atoms with Gasteiger partial charge in [-0.3, -0.25) is 0 Å². The molecule has 1 heterocycles. The number of rotatable bonds is 9. The van der Waals surface area contributed by atoms with Crippen molar-refractivity contribution in [1.29, 1.82) is 0 Å². The Hall–Kier alpha value is -2.93. The summed E-state index contributed by atoms with van der Waals surface area (Å²) in [5.41, 5.74) is 3.25. The molecule has 2 aromatic carbocycles. The van der Waals surface area contributed by atoms with E-state index in [9.17, 15) is 0 Å². The lowest BCUT2D eigenvalue weighted by molar-refractivity contribution is 0.140. The molecule has 7 nitrogen and oxygen atoms in total. The molecule has 0 aliphatic carbocycles. The fraction of sp³-hybridized carbons (Fsp3) is 0.458. The van der Waals surface area contributed by atoms with Crippen LogP contribution in [-0.4, -0.2) is 46.0 Å². The van der Waals surface area contributed by atoms with E-state index >= 15 is 0 Å². The van der Waals surface area contributed by atoms with Gasteiger partial charge in [-0.25, -0.2) is 4.99 Å². The van der Waals surface area contributed by atoms with Crippen LogP contribution in [0.3, 0.4) is 0 Å². The largest absolute Gasteiger partial charge is 0.497 e. The van der Waals surface area contributed by atoms with Gasteiger partial charge in [-0.2, -0.15) is 0 Å². The van der Waals surface area contributed by atoms with Crippen molar-refractivity contribution in [1.82, 2.24) is 10.6 Å². The number of hydrogen-bond donors (Lipinski definition) is 2. The average Bonchev–Trinajstić information content (AvgIpc) is 3.29. The van der Waals surface area contributed by atoms with E-state index in [0.29, 0.717) is 19.7 Å². The fourth-order valence-electron chi connectivity index (χ4n) is 3.37. The van der Waals surface area contributed by atoms with Crippen LogP contribution in [0.1, 0.15) is 30.0 Å². The van der Waals surface area contributed by atoms with E-state index in [1.165, 1.54) is 5.56 Å². The second kappa shape index (κ2) is 11.5. The fourth-order valence-corrected chi connectivity index (χ4v) is 3.37. The number of aryl methyl sites for hydroxylation is 1. The standard InChI is InChI=1S/C24H33N3O4/c1-5-25-24(26-14-18-8-9-20(28-3)13-22(18)29-4)27-15-19-7-6-17(2)12-23(19)31-21-10-11-30-16-21/h6-9,12-13,21H,5,10-11,14-16H2,1-4H3,(H2,25,26,27). The predicted molar refractivity (Wildman–Crippen MR) is 122 cm³/mol. The van der Waals surface area contributed by atoms with Gasteiger partial charge in [-0.1, -0.05) is 12.1 Å². The highest BCUT2D eigenvalue weighted by Crippen LogP contribution is 2.26. The summed E-state index contributed by atoms with van der Waals surface area (Å²) in [7, 11) is 3.29. The number of benzene rings is 2. The summed E-state index contributed by atoms with van der Waals surface area (Å²) < 4.78 is 22.4. The number of guanidine groups is 1. The van der Waals surface area contributed by atoms with Crippen LogP contribution in [0.5, 0.6) is 17.2 Å². The van der Waals surface area contributed by atoms with Gasteiger partial charge in [0, 0.05) is 36.7 Å². The summed E-state index contributed by atoms with van der Waals surface area (Å²) >= 11 is 0. The zero-order chi connectivity index (χ0) is 22.1. The molecule has 31 heavy (non-hydrogen) atoms. The number of nitrogens with one attached hydrogen (secondary N) is 2. The van der Waals surface area contributed by atoms with Crippen molar-refractivity contribution in [2.75, 3.05) is 34.0 Å². The molecule has 0 aromatic heterocycles. The first kappa shape index (κ1) is 22.7. The minimum Gasteiger partial charge on any atom is -0.497 e. The Morgan fingerprint density at radius 1 is 1.06 bits per heavy atom. The third kappa shape index (κ3) is 6.52. The van der Waals surface area contributed by atoms with Crippen LogP contribution < -0.4 is 24.8 Å². The van der Waals surface area contributed by atoms with Crippen molar-refractivity contribution in [2.45, 2.75) is 39.5 Å². The molecule has 168 valence electrons. The Morgan fingerprint density at radius 2 is 1.90 bits per heavy atom. The average molecular weight is 428 g/mol. The number of hydrogen-bond acceptors (Lipinski definition) is 5. The van der Waals surface area contributed by atoms with E-state index in [-0.39, 0.29) is 6.10 Å². The van der Waals surface area contributed by atoms with Gasteiger partial charge in [-0.15, -0.1) is 0 Å². The zero-order valence-electron chi connectivity index (χ0n) is 18.9. The quantitative estimate of drug-likeness (QED) is 0.472. The molecule has 0 bridgehead atoms. The van der Waals surface area contributed by atoms with E-state index in [4.69, 9.17) is 23.9 Å². The van der Waals surface area contributed by atoms with Gasteiger partial charge in [0.2, 0.25) is 0 Å². The minimum absolute atomic E-state index is 0.116. The van der Waals surface area contributed by atoms with Gasteiger partial charge in [0.1, 0.15) is 23.4 Å². The van der Waals surface area contributed by atoms with Crippen molar-refractivity contribution in [3.8, 4) is 17.2 Å². The highest BCUT2D eigenvalue weighted by molar-refractivity contribution is 5.79. The number of ether oxygens (including phenoxy) is 4. The molecule has 1 saturated heterocycles. The number of nitrogens with zero attached hydrogens (tertiary/aromatic N) is 1. The number of aliphatic imine (C=N–C) groups is 1. The second-order valence-electron chi connectivity index (χ2n) is 7.44. The molecule has 0 radical (unpaired) electrons. The number of methoxy groups -OCH3 is 2. The Bertz CT molecular complexity index is 879. The lowest BCUT2D eigenvalue weighted by Crippen LogP contribution is -2.37. The van der Waals surface area contributed by atoms with Gasteiger partial charge in [-0.05, 0) is 37.6 Å².